The van der Waals surface area contributed by atoms with Crippen LogP contribution in [0.3, 0.4) is 0 Å². The zero-order chi connectivity index (χ0) is 13.7. The predicted molar refractivity (Wildman–Crippen MR) is 69.2 cm³/mol. The van der Waals surface area contributed by atoms with Crippen LogP contribution in [0.1, 0.15) is 20.3 Å². The van der Waals surface area contributed by atoms with Gasteiger partial charge in [-0.3, -0.25) is 10.2 Å². The van der Waals surface area contributed by atoms with Crippen LogP contribution in [0.25, 0.3) is 0 Å². The molecule has 0 radical (unpaired) electrons. The van der Waals surface area contributed by atoms with E-state index in [1.165, 1.54) is 6.08 Å². The van der Waals surface area contributed by atoms with Crippen LogP contribution < -0.4 is 0 Å². The van der Waals surface area contributed by atoms with Gasteiger partial charge in [0.1, 0.15) is 5.17 Å². The number of nitrogens with zero attached hydrogens (tertiary/aromatic N) is 1. The van der Waals surface area contributed by atoms with Crippen LogP contribution in [-0.2, 0) is 9.53 Å². The summed E-state index contributed by atoms with van der Waals surface area (Å²) in [5.41, 5.74) is 0. The van der Waals surface area contributed by atoms with Gasteiger partial charge in [-0.05, 0) is 31.3 Å². The molecule has 0 spiro atoms. The van der Waals surface area contributed by atoms with Crippen LogP contribution in [0.15, 0.2) is 12.2 Å². The van der Waals surface area contributed by atoms with Gasteiger partial charge in [-0.15, -0.1) is 0 Å². The number of hydrogen-bond acceptors (Lipinski definition) is 4. The van der Waals surface area contributed by atoms with E-state index >= 15 is 0 Å². The summed E-state index contributed by atoms with van der Waals surface area (Å²) in [4.78, 5) is 11.5. The second-order valence-electron chi connectivity index (χ2n) is 4.48. The van der Waals surface area contributed by atoms with Gasteiger partial charge in [0.2, 0.25) is 0 Å². The van der Waals surface area contributed by atoms with Crippen molar-refractivity contribution in [1.29, 1.82) is 10.7 Å². The first kappa shape index (κ1) is 14.7. The molecule has 0 aromatic heterocycles. The second kappa shape index (κ2) is 6.55. The number of nitrogens with one attached hydrogen (secondary N) is 1. The number of carbonyl (C=O) groups excluding carboxylic acids is 1. The average molecular weight is 269 g/mol. The lowest BCUT2D eigenvalue weighted by atomic mass is 9.89. The van der Waals surface area contributed by atoms with Crippen molar-refractivity contribution in [2.45, 2.75) is 20.3 Å². The smallest absolute Gasteiger partial charge is 0.309 e. The average Bonchev–Trinajstić information content (AvgIpc) is 3.09. The number of allylic oxidation sites excluding steroid dienone is 2. The molecule has 0 aromatic rings. The molecule has 18 heavy (non-hydrogen) atoms. The van der Waals surface area contributed by atoms with Crippen LogP contribution in [0, 0.1) is 40.4 Å². The third kappa shape index (κ3) is 3.85. The van der Waals surface area contributed by atoms with Gasteiger partial charge in [-0.1, -0.05) is 24.6 Å². The Morgan fingerprint density at radius 2 is 2.39 bits per heavy atom. The summed E-state index contributed by atoms with van der Waals surface area (Å²) in [7, 11) is 0. The molecule has 0 aliphatic heterocycles. The van der Waals surface area contributed by atoms with Crippen molar-refractivity contribution in [2.75, 3.05) is 6.61 Å². The van der Waals surface area contributed by atoms with Gasteiger partial charge in [0.25, 0.3) is 0 Å². The highest BCUT2D eigenvalue weighted by Crippen LogP contribution is 2.47. The Morgan fingerprint density at radius 1 is 1.72 bits per heavy atom. The number of rotatable bonds is 6. The number of carbonyl (C=O) groups is 1. The van der Waals surface area contributed by atoms with E-state index in [-0.39, 0.29) is 34.8 Å². The van der Waals surface area contributed by atoms with E-state index in [1.54, 1.807) is 13.0 Å². The van der Waals surface area contributed by atoms with Crippen LogP contribution in [0.5, 0.6) is 0 Å². The van der Waals surface area contributed by atoms with Gasteiger partial charge < -0.3 is 4.74 Å². The van der Waals surface area contributed by atoms with Gasteiger partial charge in [-0.2, -0.15) is 5.26 Å². The maximum Gasteiger partial charge on any atom is 0.309 e. The molecule has 1 saturated carbocycles. The Labute approximate surface area is 112 Å². The second-order valence-corrected chi connectivity index (χ2v) is 4.89. The molecule has 1 rings (SSSR count). The first-order chi connectivity index (χ1) is 8.51. The lowest BCUT2D eigenvalue weighted by molar-refractivity contribution is -0.145. The molecule has 0 bridgehead atoms. The van der Waals surface area contributed by atoms with E-state index in [9.17, 15) is 4.79 Å². The normalized spacial score (nSPS) is 25.2. The first-order valence-electron chi connectivity index (χ1n) is 5.99. The third-order valence-corrected chi connectivity index (χ3v) is 3.40. The topological polar surface area (TPSA) is 73.9 Å². The van der Waals surface area contributed by atoms with Gasteiger partial charge in [-0.25, -0.2) is 0 Å². The monoisotopic (exact) mass is 268 g/mol. The van der Waals surface area contributed by atoms with Crippen molar-refractivity contribution < 1.29 is 9.53 Å². The van der Waals surface area contributed by atoms with E-state index < -0.39 is 0 Å². The van der Waals surface area contributed by atoms with E-state index in [2.05, 4.69) is 6.07 Å². The molecule has 98 valence electrons. The fraction of sp³-hybridized carbons (Fsp3) is 0.615. The molecule has 1 fully saturated rings. The molecule has 4 nitrogen and oxygen atoms in total. The predicted octanol–water partition coefficient (Wildman–Crippen LogP) is 2.73. The summed E-state index contributed by atoms with van der Waals surface area (Å²) in [6.07, 6.45) is 3.82. The fourth-order valence-corrected chi connectivity index (χ4v) is 2.18. The highest BCUT2D eigenvalue weighted by molar-refractivity contribution is 6.67. The Bertz CT molecular complexity index is 400. The Hall–Kier alpha value is -1.34. The van der Waals surface area contributed by atoms with Crippen LogP contribution >= 0.6 is 11.6 Å². The molecular formula is C13H17ClN2O2. The Kier molecular flexibility index (Phi) is 5.36. The largest absolute Gasteiger partial charge is 0.466 e. The van der Waals surface area contributed by atoms with Gasteiger partial charge in [0.15, 0.2) is 0 Å². The number of nitriles is 1. The Morgan fingerprint density at radius 3 is 2.89 bits per heavy atom. The van der Waals surface area contributed by atoms with Crippen molar-refractivity contribution in [3.63, 3.8) is 0 Å². The highest BCUT2D eigenvalue weighted by atomic mass is 35.5. The Balaban J connectivity index is 2.55. The summed E-state index contributed by atoms with van der Waals surface area (Å²) >= 11 is 5.41. The van der Waals surface area contributed by atoms with E-state index in [0.717, 1.165) is 6.42 Å². The number of esters is 1. The molecule has 1 aliphatic carbocycles. The van der Waals surface area contributed by atoms with Gasteiger partial charge >= 0.3 is 5.97 Å². The molecule has 0 heterocycles. The summed E-state index contributed by atoms with van der Waals surface area (Å²) in [5, 5.41) is 16.1. The molecular weight excluding hydrogens is 252 g/mol. The third-order valence-electron chi connectivity index (χ3n) is 3.27. The molecule has 4 atom stereocenters. The summed E-state index contributed by atoms with van der Waals surface area (Å²) in [6, 6.07) is 2.18. The van der Waals surface area contributed by atoms with Crippen molar-refractivity contribution in [3.05, 3.63) is 12.2 Å². The van der Waals surface area contributed by atoms with E-state index in [0.29, 0.717) is 6.61 Å². The SMILES string of the molecule is CCOC(=O)[C@H]1C[C@@H]1C(C)C(C#N)/C=C\C(=N)Cl. The van der Waals surface area contributed by atoms with Crippen LogP contribution in [0.4, 0.5) is 0 Å². The maximum atomic E-state index is 11.5. The zero-order valence-electron chi connectivity index (χ0n) is 10.5. The van der Waals surface area contributed by atoms with Crippen molar-refractivity contribution in [2.24, 2.45) is 23.7 Å². The maximum absolute atomic E-state index is 11.5. The lowest BCUT2D eigenvalue weighted by Crippen LogP contribution is -2.15. The van der Waals surface area contributed by atoms with Crippen molar-refractivity contribution in [1.82, 2.24) is 0 Å². The van der Waals surface area contributed by atoms with Crippen LogP contribution in [-0.4, -0.2) is 17.7 Å². The molecule has 0 saturated heterocycles. The van der Waals surface area contributed by atoms with Crippen molar-refractivity contribution in [3.8, 4) is 6.07 Å². The summed E-state index contributed by atoms with van der Waals surface area (Å²) in [6.45, 7) is 4.12. The zero-order valence-corrected chi connectivity index (χ0v) is 11.3. The molecule has 2 unspecified atom stereocenters. The first-order valence-corrected chi connectivity index (χ1v) is 6.37. The summed E-state index contributed by atoms with van der Waals surface area (Å²) in [5.74, 6) is -0.298. The molecule has 5 heteroatoms. The highest BCUT2D eigenvalue weighted by Gasteiger charge is 2.48. The molecule has 0 amide bonds. The molecule has 1 N–H and O–H groups in total. The molecule has 0 aromatic carbocycles. The number of halogens is 1. The van der Waals surface area contributed by atoms with Gasteiger partial charge in [0.05, 0.1) is 24.5 Å². The minimum absolute atomic E-state index is 0.0664. The minimum Gasteiger partial charge on any atom is -0.466 e. The molecule has 1 aliphatic rings. The van der Waals surface area contributed by atoms with E-state index in [1.807, 2.05) is 6.92 Å². The quantitative estimate of drug-likeness (QED) is 0.594. The summed E-state index contributed by atoms with van der Waals surface area (Å²) < 4.78 is 4.96. The van der Waals surface area contributed by atoms with Crippen molar-refractivity contribution >= 4 is 22.7 Å². The number of hydrogen-bond donors (Lipinski definition) is 1. The number of ether oxygens (including phenoxy) is 1. The van der Waals surface area contributed by atoms with Gasteiger partial charge in [0, 0.05) is 0 Å². The fourth-order valence-electron chi connectivity index (χ4n) is 2.11. The van der Waals surface area contributed by atoms with E-state index in [4.69, 9.17) is 27.0 Å². The lowest BCUT2D eigenvalue weighted by Gasteiger charge is -2.13. The van der Waals surface area contributed by atoms with Crippen LogP contribution in [0.2, 0.25) is 0 Å². The minimum atomic E-state index is -0.325. The standard InChI is InChI=1S/C13H17ClN2O2/c1-3-18-13(17)11-6-10(11)8(2)9(7-15)4-5-12(14)16/h4-5,8-11,16H,3,6H2,1-2H3/b5-4-,16-12?/t8?,9?,10-,11+/m1/s1.